The average Bonchev–Trinajstić information content (AvgIpc) is 2.74. The Hall–Kier alpha value is -1.69. The summed E-state index contributed by atoms with van der Waals surface area (Å²) in [5, 5.41) is 4.90. The van der Waals surface area contributed by atoms with Crippen molar-refractivity contribution in [1.29, 1.82) is 0 Å². The summed E-state index contributed by atoms with van der Waals surface area (Å²) >= 11 is 1.35. The number of hydrogen-bond acceptors (Lipinski definition) is 5. The van der Waals surface area contributed by atoms with Gasteiger partial charge in [0.2, 0.25) is 0 Å². The first kappa shape index (κ1) is 7.93. The molecule has 0 radical (unpaired) electrons. The van der Waals surface area contributed by atoms with Gasteiger partial charge in [-0.15, -0.1) is 11.3 Å². The molecular weight excluding hydrogens is 190 g/mol. The molecule has 0 aliphatic heterocycles. The quantitative estimate of drug-likeness (QED) is 0.786. The lowest BCUT2D eigenvalue weighted by Gasteiger charge is -1.95. The fourth-order valence-electron chi connectivity index (χ4n) is 0.771. The second-order valence-electron chi connectivity index (χ2n) is 2.17. The molecule has 1 N–H and O–H groups in total. The van der Waals surface area contributed by atoms with E-state index >= 15 is 0 Å². The summed E-state index contributed by atoms with van der Waals surface area (Å²) in [7, 11) is 0. The van der Waals surface area contributed by atoms with Gasteiger partial charge in [0, 0.05) is 11.6 Å². The predicted molar refractivity (Wildman–Crippen MR) is 46.6 cm³/mol. The third-order valence-electron chi connectivity index (χ3n) is 1.32. The molecule has 13 heavy (non-hydrogen) atoms. The maximum absolute atomic E-state index is 11.3. The number of hydrogen-bond donors (Lipinski definition) is 1. The predicted octanol–water partition coefficient (Wildman–Crippen LogP) is 1.38. The molecule has 66 valence electrons. The zero-order chi connectivity index (χ0) is 9.10. The van der Waals surface area contributed by atoms with Crippen LogP contribution in [0.1, 0.15) is 10.5 Å². The molecule has 5 nitrogen and oxygen atoms in total. The molecule has 0 aliphatic rings. The van der Waals surface area contributed by atoms with E-state index in [4.69, 9.17) is 0 Å². The highest BCUT2D eigenvalue weighted by atomic mass is 32.1. The van der Waals surface area contributed by atoms with Crippen LogP contribution in [0.15, 0.2) is 28.7 Å². The van der Waals surface area contributed by atoms with Crippen molar-refractivity contribution < 1.29 is 9.21 Å². The van der Waals surface area contributed by atoms with Gasteiger partial charge in [0.05, 0.1) is 0 Å². The van der Waals surface area contributed by atoms with Crippen molar-refractivity contribution in [2.45, 2.75) is 0 Å². The van der Waals surface area contributed by atoms with Crippen LogP contribution in [0.5, 0.6) is 0 Å². The standard InChI is InChI=1S/C7H5N3O2S/c11-6(5-3-12-4-9-5)10-7-8-1-2-13-7/h1-4H,(H,8,10,11). The van der Waals surface area contributed by atoms with Crippen molar-refractivity contribution in [3.8, 4) is 0 Å². The highest BCUT2D eigenvalue weighted by Crippen LogP contribution is 2.11. The lowest BCUT2D eigenvalue weighted by molar-refractivity contribution is 0.102. The number of amides is 1. The smallest absolute Gasteiger partial charge is 0.279 e. The van der Waals surface area contributed by atoms with Crippen molar-refractivity contribution >= 4 is 22.4 Å². The summed E-state index contributed by atoms with van der Waals surface area (Å²) in [5.41, 5.74) is 0.246. The molecule has 0 unspecified atom stereocenters. The van der Waals surface area contributed by atoms with E-state index in [0.29, 0.717) is 5.13 Å². The summed E-state index contributed by atoms with van der Waals surface area (Å²) in [6.07, 6.45) is 4.10. The van der Waals surface area contributed by atoms with Gasteiger partial charge in [-0.2, -0.15) is 0 Å². The zero-order valence-electron chi connectivity index (χ0n) is 6.43. The first-order valence-electron chi connectivity index (χ1n) is 3.45. The first-order valence-corrected chi connectivity index (χ1v) is 4.33. The summed E-state index contributed by atoms with van der Waals surface area (Å²) in [6.45, 7) is 0. The van der Waals surface area contributed by atoms with E-state index in [9.17, 15) is 4.79 Å². The molecule has 0 bridgehead atoms. The first-order chi connectivity index (χ1) is 6.36. The second-order valence-corrected chi connectivity index (χ2v) is 3.06. The lowest BCUT2D eigenvalue weighted by atomic mass is 10.5. The summed E-state index contributed by atoms with van der Waals surface area (Å²) in [6, 6.07) is 0. The lowest BCUT2D eigenvalue weighted by Crippen LogP contribution is -2.11. The zero-order valence-corrected chi connectivity index (χ0v) is 7.25. The van der Waals surface area contributed by atoms with E-state index in [-0.39, 0.29) is 11.6 Å². The van der Waals surface area contributed by atoms with E-state index in [1.165, 1.54) is 24.0 Å². The Morgan fingerprint density at radius 1 is 1.54 bits per heavy atom. The maximum Gasteiger partial charge on any atom is 0.279 e. The normalized spacial score (nSPS) is 9.85. The van der Waals surface area contributed by atoms with Gasteiger partial charge < -0.3 is 4.42 Å². The maximum atomic E-state index is 11.3. The van der Waals surface area contributed by atoms with Gasteiger partial charge in [-0.1, -0.05) is 0 Å². The molecule has 2 aromatic rings. The topological polar surface area (TPSA) is 68.0 Å². The van der Waals surface area contributed by atoms with Crippen molar-refractivity contribution in [2.24, 2.45) is 0 Å². The van der Waals surface area contributed by atoms with Gasteiger partial charge in [-0.05, 0) is 0 Å². The Kier molecular flexibility index (Phi) is 2.05. The summed E-state index contributed by atoms with van der Waals surface area (Å²) in [5.74, 6) is -0.316. The number of carbonyl (C=O) groups excluding carboxylic acids is 1. The molecule has 6 heteroatoms. The fourth-order valence-corrected chi connectivity index (χ4v) is 1.29. The Bertz CT molecular complexity index is 382. The Labute approximate surface area is 77.4 Å². The molecule has 1 amide bonds. The van der Waals surface area contributed by atoms with Crippen LogP contribution in [0.3, 0.4) is 0 Å². The molecule has 2 heterocycles. The summed E-state index contributed by atoms with van der Waals surface area (Å²) in [4.78, 5) is 18.9. The largest absolute Gasteiger partial charge is 0.451 e. The monoisotopic (exact) mass is 195 g/mol. The molecule has 0 saturated heterocycles. The van der Waals surface area contributed by atoms with E-state index in [1.54, 1.807) is 11.6 Å². The van der Waals surface area contributed by atoms with Gasteiger partial charge in [0.15, 0.2) is 17.2 Å². The van der Waals surface area contributed by atoms with Crippen molar-refractivity contribution in [1.82, 2.24) is 9.97 Å². The minimum absolute atomic E-state index is 0.246. The van der Waals surface area contributed by atoms with Crippen molar-refractivity contribution in [3.63, 3.8) is 0 Å². The molecule has 0 saturated carbocycles. The second kappa shape index (κ2) is 3.36. The van der Waals surface area contributed by atoms with Crippen LogP contribution in [-0.4, -0.2) is 15.9 Å². The molecular formula is C7H5N3O2S. The summed E-state index contributed by atoms with van der Waals surface area (Å²) < 4.78 is 4.67. The van der Waals surface area contributed by atoms with Crippen LogP contribution < -0.4 is 5.32 Å². The van der Waals surface area contributed by atoms with Gasteiger partial charge in [0.1, 0.15) is 6.26 Å². The van der Waals surface area contributed by atoms with Gasteiger partial charge >= 0.3 is 0 Å². The molecule has 2 aromatic heterocycles. The molecule has 0 atom stereocenters. The number of oxazole rings is 1. The number of rotatable bonds is 2. The molecule has 0 fully saturated rings. The number of carbonyl (C=O) groups is 1. The molecule has 0 aliphatic carbocycles. The Morgan fingerprint density at radius 2 is 2.46 bits per heavy atom. The third-order valence-corrected chi connectivity index (χ3v) is 2.01. The minimum Gasteiger partial charge on any atom is -0.451 e. The molecule has 2 rings (SSSR count). The van der Waals surface area contributed by atoms with Crippen molar-refractivity contribution in [2.75, 3.05) is 5.32 Å². The number of nitrogens with zero attached hydrogens (tertiary/aromatic N) is 2. The number of aromatic nitrogens is 2. The van der Waals surface area contributed by atoms with E-state index in [2.05, 4.69) is 19.7 Å². The highest BCUT2D eigenvalue weighted by Gasteiger charge is 2.09. The van der Waals surface area contributed by atoms with Crippen LogP contribution >= 0.6 is 11.3 Å². The van der Waals surface area contributed by atoms with Crippen LogP contribution in [0.4, 0.5) is 5.13 Å². The van der Waals surface area contributed by atoms with E-state index < -0.39 is 0 Å². The van der Waals surface area contributed by atoms with Crippen molar-refractivity contribution in [3.05, 3.63) is 29.9 Å². The number of anilines is 1. The third kappa shape index (κ3) is 1.73. The van der Waals surface area contributed by atoms with E-state index in [1.807, 2.05) is 0 Å². The van der Waals surface area contributed by atoms with Gasteiger partial charge in [-0.3, -0.25) is 10.1 Å². The number of thiazole rings is 1. The van der Waals surface area contributed by atoms with Gasteiger partial charge in [-0.25, -0.2) is 9.97 Å². The van der Waals surface area contributed by atoms with Crippen LogP contribution in [0.25, 0.3) is 0 Å². The Morgan fingerprint density at radius 3 is 3.08 bits per heavy atom. The van der Waals surface area contributed by atoms with Crippen LogP contribution in [0.2, 0.25) is 0 Å². The average molecular weight is 195 g/mol. The Balaban J connectivity index is 2.08. The SMILES string of the molecule is O=C(Nc1nccs1)c1cocn1. The highest BCUT2D eigenvalue weighted by molar-refractivity contribution is 7.13. The molecule has 0 spiro atoms. The fraction of sp³-hybridized carbons (Fsp3) is 0. The van der Waals surface area contributed by atoms with E-state index in [0.717, 1.165) is 0 Å². The van der Waals surface area contributed by atoms with Crippen LogP contribution in [0, 0.1) is 0 Å². The number of nitrogens with one attached hydrogen (secondary N) is 1. The van der Waals surface area contributed by atoms with Gasteiger partial charge in [0.25, 0.3) is 5.91 Å². The van der Waals surface area contributed by atoms with Crippen LogP contribution in [-0.2, 0) is 0 Å². The minimum atomic E-state index is -0.316. The molecule has 0 aromatic carbocycles.